The second-order valence-corrected chi connectivity index (χ2v) is 9.04. The van der Waals surface area contributed by atoms with Crippen LogP contribution in [-0.4, -0.2) is 57.3 Å². The van der Waals surface area contributed by atoms with E-state index >= 15 is 0 Å². The lowest BCUT2D eigenvalue weighted by molar-refractivity contribution is -0.123. The normalized spacial score (nSPS) is 15.1. The number of likely N-dealkylation sites (tertiary alicyclic amines) is 1. The second kappa shape index (κ2) is 9.29. The van der Waals surface area contributed by atoms with Gasteiger partial charge in [-0.3, -0.25) is 14.3 Å². The lowest BCUT2D eigenvalue weighted by atomic mass is 9.97. The third kappa shape index (κ3) is 4.91. The number of benzene rings is 2. The van der Waals surface area contributed by atoms with Crippen molar-refractivity contribution in [3.05, 3.63) is 59.6 Å². The maximum atomic E-state index is 12.8. The molecule has 0 aliphatic carbocycles. The highest BCUT2D eigenvalue weighted by molar-refractivity contribution is 6.00. The van der Waals surface area contributed by atoms with Crippen molar-refractivity contribution < 1.29 is 27.2 Å². The molecule has 36 heavy (non-hydrogen) atoms. The summed E-state index contributed by atoms with van der Waals surface area (Å²) < 4.78 is 44.8. The van der Waals surface area contributed by atoms with Crippen molar-refractivity contribution in [3.63, 3.8) is 0 Å². The van der Waals surface area contributed by atoms with Gasteiger partial charge in [-0.25, -0.2) is 4.98 Å². The second-order valence-electron chi connectivity index (χ2n) is 9.04. The van der Waals surface area contributed by atoms with Crippen LogP contribution in [0.1, 0.15) is 39.4 Å². The van der Waals surface area contributed by atoms with Gasteiger partial charge in [-0.05, 0) is 55.5 Å². The van der Waals surface area contributed by atoms with Crippen molar-refractivity contribution in [2.24, 2.45) is 5.92 Å². The van der Waals surface area contributed by atoms with Crippen LogP contribution in [-0.2, 0) is 6.54 Å². The average Bonchev–Trinajstić information content (AvgIpc) is 3.47. The van der Waals surface area contributed by atoms with Gasteiger partial charge in [0, 0.05) is 36.8 Å². The highest BCUT2D eigenvalue weighted by Gasteiger charge is 2.29. The summed E-state index contributed by atoms with van der Waals surface area (Å²) in [6.07, 6.45) is -1.08. The Bertz CT molecular complexity index is 1400. The Kier molecular flexibility index (Phi) is 6.15. The lowest BCUT2D eigenvalue weighted by Gasteiger charge is -2.31. The molecule has 0 radical (unpaired) electrons. The first-order chi connectivity index (χ1) is 17.2. The van der Waals surface area contributed by atoms with E-state index < -0.39 is 18.6 Å². The number of aryl methyl sites for hydroxylation is 1. The molecule has 2 aromatic heterocycles. The van der Waals surface area contributed by atoms with Crippen LogP contribution in [0, 0.1) is 12.8 Å². The number of fused-ring (bicyclic) bond motifs is 2. The van der Waals surface area contributed by atoms with Crippen molar-refractivity contribution in [3.8, 4) is 0 Å². The van der Waals surface area contributed by atoms with Crippen molar-refractivity contribution in [1.29, 1.82) is 0 Å². The van der Waals surface area contributed by atoms with E-state index in [9.17, 15) is 22.8 Å². The molecule has 3 heterocycles. The van der Waals surface area contributed by atoms with Crippen LogP contribution in [0.4, 0.5) is 13.2 Å². The molecule has 1 N–H and O–H groups in total. The fourth-order valence-corrected chi connectivity index (χ4v) is 4.58. The molecule has 11 heteroatoms. The van der Waals surface area contributed by atoms with Crippen LogP contribution in [0.2, 0.25) is 0 Å². The Morgan fingerprint density at radius 2 is 1.86 bits per heavy atom. The van der Waals surface area contributed by atoms with Crippen LogP contribution in [0.25, 0.3) is 22.0 Å². The smallest absolute Gasteiger partial charge is 0.405 e. The van der Waals surface area contributed by atoms with Crippen LogP contribution < -0.4 is 5.32 Å². The van der Waals surface area contributed by atoms with E-state index in [2.05, 4.69) is 10.1 Å². The van der Waals surface area contributed by atoms with E-state index in [0.717, 1.165) is 18.2 Å². The van der Waals surface area contributed by atoms with Crippen LogP contribution >= 0.6 is 0 Å². The zero-order chi connectivity index (χ0) is 25.4. The van der Waals surface area contributed by atoms with Crippen LogP contribution in [0.15, 0.2) is 47.0 Å². The quantitative estimate of drug-likeness (QED) is 0.441. The topological polar surface area (TPSA) is 93.3 Å². The van der Waals surface area contributed by atoms with Gasteiger partial charge in [0.05, 0.1) is 5.52 Å². The van der Waals surface area contributed by atoms with Crippen molar-refractivity contribution in [2.45, 2.75) is 32.5 Å². The molecule has 5 rings (SSSR count). The van der Waals surface area contributed by atoms with Gasteiger partial charge in [0.2, 0.25) is 0 Å². The van der Waals surface area contributed by atoms with Gasteiger partial charge in [0.15, 0.2) is 5.58 Å². The molecule has 1 aliphatic rings. The minimum absolute atomic E-state index is 0.0959. The molecule has 188 valence electrons. The SMILES string of the molecule is Cc1c(C(=O)NCC(F)(F)F)ccc2nn(CC3CCN(C(=O)c4nc5ccccc5o4)CC3)cc12. The van der Waals surface area contributed by atoms with Crippen molar-refractivity contribution in [1.82, 2.24) is 25.0 Å². The summed E-state index contributed by atoms with van der Waals surface area (Å²) in [7, 11) is 0. The number of halogens is 3. The maximum Gasteiger partial charge on any atom is 0.405 e. The number of nitrogens with zero attached hydrogens (tertiary/aromatic N) is 4. The molecule has 8 nitrogen and oxygen atoms in total. The summed E-state index contributed by atoms with van der Waals surface area (Å²) in [5, 5.41) is 7.21. The van der Waals surface area contributed by atoms with Crippen LogP contribution in [0.3, 0.4) is 0 Å². The van der Waals surface area contributed by atoms with Crippen LogP contribution in [0.5, 0.6) is 0 Å². The molecular weight excluding hydrogens is 475 g/mol. The molecule has 2 aromatic carbocycles. The predicted octanol–water partition coefficient (Wildman–Crippen LogP) is 4.33. The molecule has 0 spiro atoms. The molecule has 0 atom stereocenters. The van der Waals surface area contributed by atoms with Crippen molar-refractivity contribution in [2.75, 3.05) is 19.6 Å². The van der Waals surface area contributed by atoms with E-state index in [4.69, 9.17) is 4.42 Å². The number of amides is 2. The number of oxazole rings is 1. The maximum absolute atomic E-state index is 12.8. The van der Waals surface area contributed by atoms with Gasteiger partial charge in [0.25, 0.3) is 11.8 Å². The molecular formula is C25H24F3N5O3. The van der Waals surface area contributed by atoms with Gasteiger partial charge in [-0.15, -0.1) is 0 Å². The number of hydrogen-bond acceptors (Lipinski definition) is 5. The molecule has 1 aliphatic heterocycles. The highest BCUT2D eigenvalue weighted by atomic mass is 19.4. The zero-order valence-corrected chi connectivity index (χ0v) is 19.5. The summed E-state index contributed by atoms with van der Waals surface area (Å²) in [6, 6.07) is 10.4. The fourth-order valence-electron chi connectivity index (χ4n) is 4.58. The largest absolute Gasteiger partial charge is 0.432 e. The fraction of sp³-hybridized carbons (Fsp3) is 0.360. The lowest BCUT2D eigenvalue weighted by Crippen LogP contribution is -2.39. The first-order valence-electron chi connectivity index (χ1n) is 11.6. The molecule has 0 unspecified atom stereocenters. The van der Waals surface area contributed by atoms with E-state index in [1.807, 2.05) is 23.6 Å². The van der Waals surface area contributed by atoms with E-state index in [1.165, 1.54) is 6.07 Å². The Hall–Kier alpha value is -3.89. The number of carbonyl (C=O) groups is 2. The molecule has 0 saturated carbocycles. The number of alkyl halides is 3. The van der Waals surface area contributed by atoms with Gasteiger partial charge >= 0.3 is 12.1 Å². The zero-order valence-electron chi connectivity index (χ0n) is 19.5. The summed E-state index contributed by atoms with van der Waals surface area (Å²) in [4.78, 5) is 31.1. The van der Waals surface area contributed by atoms with E-state index in [1.54, 1.807) is 34.7 Å². The summed E-state index contributed by atoms with van der Waals surface area (Å²) in [6.45, 7) is 2.11. The Morgan fingerprint density at radius 1 is 1.11 bits per heavy atom. The predicted molar refractivity (Wildman–Crippen MR) is 125 cm³/mol. The third-order valence-electron chi connectivity index (χ3n) is 6.52. The average molecular weight is 499 g/mol. The first-order valence-corrected chi connectivity index (χ1v) is 11.6. The molecule has 1 fully saturated rings. The van der Waals surface area contributed by atoms with Crippen molar-refractivity contribution >= 4 is 33.8 Å². The molecule has 0 bridgehead atoms. The Labute approximate surface area is 204 Å². The number of aromatic nitrogens is 3. The summed E-state index contributed by atoms with van der Waals surface area (Å²) in [5.74, 6) is -0.600. The van der Waals surface area contributed by atoms with Gasteiger partial charge in [0.1, 0.15) is 12.1 Å². The van der Waals surface area contributed by atoms with Gasteiger partial charge in [-0.1, -0.05) is 12.1 Å². The van der Waals surface area contributed by atoms with Gasteiger partial charge < -0.3 is 14.6 Å². The molecule has 1 saturated heterocycles. The van der Waals surface area contributed by atoms with E-state index in [-0.39, 0.29) is 17.4 Å². The third-order valence-corrected chi connectivity index (χ3v) is 6.52. The number of hydrogen-bond donors (Lipinski definition) is 1. The summed E-state index contributed by atoms with van der Waals surface area (Å²) >= 11 is 0. The number of nitrogens with one attached hydrogen (secondary N) is 1. The first kappa shape index (κ1) is 23.8. The summed E-state index contributed by atoms with van der Waals surface area (Å²) in [5.41, 5.74) is 2.67. The van der Waals surface area contributed by atoms with Gasteiger partial charge in [-0.2, -0.15) is 18.3 Å². The number of piperidine rings is 1. The number of carbonyl (C=O) groups excluding carboxylic acids is 2. The minimum Gasteiger partial charge on any atom is -0.432 e. The Morgan fingerprint density at radius 3 is 2.58 bits per heavy atom. The number of para-hydroxylation sites is 2. The Balaban J connectivity index is 1.21. The number of rotatable bonds is 5. The molecule has 4 aromatic rings. The van der Waals surface area contributed by atoms with E-state index in [0.29, 0.717) is 47.7 Å². The monoisotopic (exact) mass is 499 g/mol. The molecule has 2 amide bonds. The standard InChI is InChI=1S/C25H24F3N5O3/c1-15-17(22(34)29-14-25(26,27)28)6-7-19-18(15)13-33(31-19)12-16-8-10-32(11-9-16)24(35)23-30-20-4-2-3-5-21(20)36-23/h2-7,13,16H,8-12,14H2,1H3,(H,29,34). The minimum atomic E-state index is -4.47. The highest BCUT2D eigenvalue weighted by Crippen LogP contribution is 2.25.